The zero-order chi connectivity index (χ0) is 13.5. The maximum atomic E-state index is 12.2. The van der Waals surface area contributed by atoms with E-state index in [2.05, 4.69) is 0 Å². The van der Waals surface area contributed by atoms with Gasteiger partial charge in [0.15, 0.2) is 0 Å². The molecule has 104 valence electrons. The molecule has 0 radical (unpaired) electrons. The molecule has 3 aliphatic heterocycles. The molecule has 0 N–H and O–H groups in total. The fourth-order valence-corrected chi connectivity index (χ4v) is 11.8. The molecule has 0 aliphatic carbocycles. The van der Waals surface area contributed by atoms with Crippen molar-refractivity contribution >= 4 is 93.6 Å². The number of rotatable bonds is 0. The van der Waals surface area contributed by atoms with E-state index in [-0.39, 0.29) is 19.7 Å². The quantitative estimate of drug-likeness (QED) is 0.575. The molecule has 0 spiro atoms. The summed E-state index contributed by atoms with van der Waals surface area (Å²) in [6, 6.07) is 0. The second-order valence-electron chi connectivity index (χ2n) is 3.67. The van der Waals surface area contributed by atoms with E-state index in [0.29, 0.717) is 0 Å². The second-order valence-corrected chi connectivity index (χ2v) is 12.8. The van der Waals surface area contributed by atoms with Crippen LogP contribution in [0, 0.1) is 0 Å². The summed E-state index contributed by atoms with van der Waals surface area (Å²) in [6.45, 7) is 0. The summed E-state index contributed by atoms with van der Waals surface area (Å²) in [5.41, 5.74) is 0. The molecule has 4 heterocycles. The van der Waals surface area contributed by atoms with Crippen molar-refractivity contribution in [2.45, 2.75) is 0 Å². The second kappa shape index (κ2) is 6.12. The molecular formula is C11H6O2S6Se. The van der Waals surface area contributed by atoms with E-state index in [9.17, 15) is 4.79 Å². The number of hydrogen-bond acceptors (Lipinski definition) is 8. The van der Waals surface area contributed by atoms with E-state index in [4.69, 9.17) is 4.74 Å². The van der Waals surface area contributed by atoms with E-state index in [1.54, 1.807) is 17.6 Å². The van der Waals surface area contributed by atoms with Gasteiger partial charge in [0, 0.05) is 0 Å². The Morgan fingerprint density at radius 1 is 1.05 bits per heavy atom. The summed E-state index contributed by atoms with van der Waals surface area (Å²) in [7, 11) is 0. The van der Waals surface area contributed by atoms with E-state index >= 15 is 0 Å². The van der Waals surface area contributed by atoms with Gasteiger partial charge in [0.25, 0.3) is 0 Å². The molecule has 3 aliphatic rings. The molecule has 20 heavy (non-hydrogen) atoms. The topological polar surface area (TPSA) is 26.3 Å². The van der Waals surface area contributed by atoms with Gasteiger partial charge in [-0.1, -0.05) is 0 Å². The Labute approximate surface area is 146 Å². The minimum absolute atomic E-state index is 0.143. The van der Waals surface area contributed by atoms with E-state index < -0.39 is 0 Å². The predicted molar refractivity (Wildman–Crippen MR) is 97.6 cm³/mol. The minimum atomic E-state index is 0.143. The van der Waals surface area contributed by atoms with Crippen molar-refractivity contribution < 1.29 is 4.74 Å². The Hall–Kier alpha value is 0.789. The van der Waals surface area contributed by atoms with Gasteiger partial charge in [-0.25, -0.2) is 0 Å². The van der Waals surface area contributed by atoms with Crippen LogP contribution in [0.4, 0.5) is 0 Å². The van der Waals surface area contributed by atoms with Crippen LogP contribution in [0.2, 0.25) is 0 Å². The first-order valence-corrected chi connectivity index (χ1v) is 12.6. The van der Waals surface area contributed by atoms with Crippen LogP contribution in [0.15, 0.2) is 24.5 Å². The van der Waals surface area contributed by atoms with Gasteiger partial charge in [0.05, 0.1) is 0 Å². The van der Waals surface area contributed by atoms with E-state index in [0.717, 1.165) is 13.0 Å². The van der Waals surface area contributed by atoms with Crippen molar-refractivity contribution in [2.75, 3.05) is 11.5 Å². The average Bonchev–Trinajstić information content (AvgIpc) is 3.16. The molecule has 1 aromatic rings. The maximum absolute atomic E-state index is 12.2. The van der Waals surface area contributed by atoms with E-state index in [1.165, 1.54) is 35.6 Å². The molecule has 2 nitrogen and oxygen atoms in total. The number of thioether (sulfide) groups is 4. The number of hydrogen-bond donors (Lipinski definition) is 0. The van der Waals surface area contributed by atoms with E-state index in [1.807, 2.05) is 52.0 Å². The first-order chi connectivity index (χ1) is 9.81. The van der Waals surface area contributed by atoms with Gasteiger partial charge in [-0.3, -0.25) is 0 Å². The third-order valence-electron chi connectivity index (χ3n) is 2.41. The normalized spacial score (nSPS) is 24.3. The molecule has 0 bridgehead atoms. The van der Waals surface area contributed by atoms with Crippen molar-refractivity contribution in [1.82, 2.24) is 0 Å². The third kappa shape index (κ3) is 2.72. The molecule has 0 aromatic carbocycles. The van der Waals surface area contributed by atoms with Gasteiger partial charge in [-0.2, -0.15) is 0 Å². The van der Waals surface area contributed by atoms with Crippen molar-refractivity contribution in [3.63, 3.8) is 0 Å². The molecule has 0 saturated carbocycles. The Bertz CT molecular complexity index is 772. The monoisotopic (exact) mass is 442 g/mol. The van der Waals surface area contributed by atoms with Gasteiger partial charge in [0.2, 0.25) is 0 Å². The Balaban J connectivity index is 1.78. The zero-order valence-electron chi connectivity index (χ0n) is 9.74. The molecule has 0 unspecified atom stereocenters. The fourth-order valence-electron chi connectivity index (χ4n) is 1.61. The first kappa shape index (κ1) is 14.4. The average molecular weight is 442 g/mol. The first-order valence-electron chi connectivity index (χ1n) is 5.54. The molecule has 9 heteroatoms. The van der Waals surface area contributed by atoms with Gasteiger partial charge in [0.1, 0.15) is 0 Å². The summed E-state index contributed by atoms with van der Waals surface area (Å²) in [5, 5.41) is 0. The molecular weight excluding hydrogens is 435 g/mol. The van der Waals surface area contributed by atoms with Gasteiger partial charge >= 0.3 is 147 Å². The Kier molecular flexibility index (Phi) is 4.40. The van der Waals surface area contributed by atoms with Crippen LogP contribution in [-0.4, -0.2) is 26.5 Å². The zero-order valence-corrected chi connectivity index (χ0v) is 16.4. The van der Waals surface area contributed by atoms with Crippen LogP contribution < -0.4 is 13.1 Å². The van der Waals surface area contributed by atoms with Crippen molar-refractivity contribution in [3.05, 3.63) is 37.6 Å². The summed E-state index contributed by atoms with van der Waals surface area (Å²) in [6.07, 6.45) is 1.69. The number of ether oxygens (including phenoxy) is 1. The molecule has 0 saturated heterocycles. The van der Waals surface area contributed by atoms with Crippen LogP contribution >= 0.6 is 69.7 Å². The third-order valence-corrected chi connectivity index (χ3v) is 13.0. The molecule has 0 fully saturated rings. The molecule has 0 amide bonds. The molecule has 1 aromatic heterocycles. The predicted octanol–water partition coefficient (Wildman–Crippen LogP) is 2.59. The molecule has 4 rings (SSSR count). The summed E-state index contributed by atoms with van der Waals surface area (Å²) in [4.78, 5) is 14.2. The van der Waals surface area contributed by atoms with Crippen molar-refractivity contribution in [2.24, 2.45) is 0 Å². The van der Waals surface area contributed by atoms with Gasteiger partial charge < -0.3 is 0 Å². The Morgan fingerprint density at radius 2 is 1.80 bits per heavy atom. The molecule has 0 atom stereocenters. The van der Waals surface area contributed by atoms with Gasteiger partial charge in [-0.15, -0.1) is 0 Å². The Morgan fingerprint density at radius 3 is 2.45 bits per heavy atom. The summed E-state index contributed by atoms with van der Waals surface area (Å²) < 4.78 is 12.5. The summed E-state index contributed by atoms with van der Waals surface area (Å²) >= 11 is 10.7. The van der Waals surface area contributed by atoms with Crippen LogP contribution in [0.5, 0.6) is 0 Å². The van der Waals surface area contributed by atoms with Crippen molar-refractivity contribution in [3.8, 4) is 0 Å². The SMILES string of the molecule is O=c1sc(=C2SC3=C(SCCS3)S2)s/c1=C1\OC=C[Se]1. The van der Waals surface area contributed by atoms with Crippen LogP contribution in [0.25, 0.3) is 8.89 Å². The van der Waals surface area contributed by atoms with Crippen LogP contribution in [0.3, 0.4) is 0 Å². The fraction of sp³-hybridized carbons (Fsp3) is 0.182. The van der Waals surface area contributed by atoms with Crippen molar-refractivity contribution in [1.29, 1.82) is 0 Å². The van der Waals surface area contributed by atoms with Gasteiger partial charge in [-0.05, 0) is 0 Å². The summed E-state index contributed by atoms with van der Waals surface area (Å²) in [5.74, 6) is 2.38. The van der Waals surface area contributed by atoms with Crippen LogP contribution in [-0.2, 0) is 4.74 Å². The van der Waals surface area contributed by atoms with Crippen LogP contribution in [0.1, 0.15) is 0 Å². The standard InChI is InChI=1S/C11H6O2S6Se/c12-6-5(7-13-1-4-20-7)16-10(17-6)11-18-8-9(19-11)15-3-2-14-8/h1,4H,2-3H2/b7-5+.